The largest absolute Gasteiger partial charge is 0.504 e. The average Bonchev–Trinajstić information content (AvgIpc) is 2.46. The maximum atomic E-state index is 13.1. The first kappa shape index (κ1) is 8.31. The summed E-state index contributed by atoms with van der Waals surface area (Å²) in [6.07, 6.45) is 0. The van der Waals surface area contributed by atoms with E-state index in [1.54, 1.807) is 0 Å². The highest BCUT2D eigenvalue weighted by Crippen LogP contribution is 2.35. The smallest absolute Gasteiger partial charge is 0.161 e. The molecule has 0 saturated carbocycles. The van der Waals surface area contributed by atoms with Crippen molar-refractivity contribution in [2.75, 3.05) is 7.11 Å². The summed E-state index contributed by atoms with van der Waals surface area (Å²) in [6.45, 7) is 0. The van der Waals surface area contributed by atoms with Gasteiger partial charge in [0.2, 0.25) is 0 Å². The van der Waals surface area contributed by atoms with Crippen LogP contribution >= 0.6 is 11.3 Å². The predicted octanol–water partition coefficient (Wildman–Crippen LogP) is 2.75. The second-order valence-electron chi connectivity index (χ2n) is 2.60. The number of phenols is 1. The SMILES string of the molecule is COc1cc2c(F)csc2cc1O. The lowest BCUT2D eigenvalue weighted by Crippen LogP contribution is -1.83. The third-order valence-electron chi connectivity index (χ3n) is 1.83. The number of fused-ring (bicyclic) bond motifs is 1. The molecule has 1 N–H and O–H groups in total. The third-order valence-corrected chi connectivity index (χ3v) is 2.74. The number of phenolic OH excluding ortho intramolecular Hbond substituents is 1. The molecule has 0 unspecified atom stereocenters. The topological polar surface area (TPSA) is 29.5 Å². The van der Waals surface area contributed by atoms with Gasteiger partial charge in [-0.15, -0.1) is 11.3 Å². The minimum absolute atomic E-state index is 0.0388. The molecule has 4 heteroatoms. The Morgan fingerprint density at radius 2 is 2.23 bits per heavy atom. The molecule has 13 heavy (non-hydrogen) atoms. The second kappa shape index (κ2) is 2.88. The van der Waals surface area contributed by atoms with E-state index in [-0.39, 0.29) is 11.6 Å². The zero-order valence-corrected chi connectivity index (χ0v) is 7.69. The molecule has 0 aliphatic heterocycles. The Morgan fingerprint density at radius 1 is 1.46 bits per heavy atom. The molecule has 2 nitrogen and oxygen atoms in total. The van der Waals surface area contributed by atoms with E-state index in [2.05, 4.69) is 0 Å². The van der Waals surface area contributed by atoms with Crippen LogP contribution in [0.2, 0.25) is 0 Å². The standard InChI is InChI=1S/C9H7FO2S/c1-12-8-2-5-6(10)4-13-9(5)3-7(8)11/h2-4,11H,1H3. The van der Waals surface area contributed by atoms with Gasteiger partial charge in [0.1, 0.15) is 5.82 Å². The molecule has 0 spiro atoms. The summed E-state index contributed by atoms with van der Waals surface area (Å²) in [4.78, 5) is 0. The number of hydrogen-bond acceptors (Lipinski definition) is 3. The van der Waals surface area contributed by atoms with Crippen LogP contribution in [0.4, 0.5) is 4.39 Å². The lowest BCUT2D eigenvalue weighted by atomic mass is 10.2. The molecule has 0 aliphatic carbocycles. The van der Waals surface area contributed by atoms with Gasteiger partial charge in [0, 0.05) is 21.5 Å². The minimum atomic E-state index is -0.279. The molecular formula is C9H7FO2S. The predicted molar refractivity (Wildman–Crippen MR) is 50.0 cm³/mol. The van der Waals surface area contributed by atoms with Crippen LogP contribution in [-0.4, -0.2) is 12.2 Å². The minimum Gasteiger partial charge on any atom is -0.504 e. The van der Waals surface area contributed by atoms with Crippen molar-refractivity contribution < 1.29 is 14.2 Å². The number of aromatic hydroxyl groups is 1. The lowest BCUT2D eigenvalue weighted by molar-refractivity contribution is 0.374. The number of thiophene rings is 1. The second-order valence-corrected chi connectivity index (χ2v) is 3.52. The van der Waals surface area contributed by atoms with Gasteiger partial charge in [-0.1, -0.05) is 0 Å². The fraction of sp³-hybridized carbons (Fsp3) is 0.111. The Hall–Kier alpha value is -1.29. The summed E-state index contributed by atoms with van der Waals surface area (Å²) in [5, 5.41) is 11.3. The van der Waals surface area contributed by atoms with Gasteiger partial charge in [-0.2, -0.15) is 0 Å². The van der Waals surface area contributed by atoms with Gasteiger partial charge in [-0.05, 0) is 6.07 Å². The van der Waals surface area contributed by atoms with Crippen LogP contribution in [0.25, 0.3) is 10.1 Å². The number of hydrogen-bond donors (Lipinski definition) is 1. The summed E-state index contributed by atoms with van der Waals surface area (Å²) in [6, 6.07) is 3.00. The summed E-state index contributed by atoms with van der Waals surface area (Å²) < 4.78 is 18.7. The first-order valence-electron chi connectivity index (χ1n) is 3.66. The van der Waals surface area contributed by atoms with Gasteiger partial charge in [-0.25, -0.2) is 4.39 Å². The molecule has 1 aromatic carbocycles. The van der Waals surface area contributed by atoms with Crippen molar-refractivity contribution in [3.8, 4) is 11.5 Å². The van der Waals surface area contributed by atoms with Crippen LogP contribution in [0.5, 0.6) is 11.5 Å². The van der Waals surface area contributed by atoms with Gasteiger partial charge in [0.05, 0.1) is 7.11 Å². The van der Waals surface area contributed by atoms with E-state index in [0.717, 1.165) is 4.70 Å². The van der Waals surface area contributed by atoms with E-state index in [0.29, 0.717) is 11.1 Å². The molecule has 0 bridgehead atoms. The maximum absolute atomic E-state index is 13.1. The van der Waals surface area contributed by atoms with E-state index < -0.39 is 0 Å². The van der Waals surface area contributed by atoms with Crippen LogP contribution in [0.15, 0.2) is 17.5 Å². The van der Waals surface area contributed by atoms with Crippen molar-refractivity contribution in [3.63, 3.8) is 0 Å². The molecule has 0 saturated heterocycles. The van der Waals surface area contributed by atoms with Crippen LogP contribution in [0.1, 0.15) is 0 Å². The normalized spacial score (nSPS) is 10.6. The molecule has 2 rings (SSSR count). The number of methoxy groups -OCH3 is 1. The van der Waals surface area contributed by atoms with E-state index >= 15 is 0 Å². The Balaban J connectivity index is 2.77. The van der Waals surface area contributed by atoms with Crippen LogP contribution in [-0.2, 0) is 0 Å². The Bertz CT molecular complexity index is 450. The molecule has 0 amide bonds. The lowest BCUT2D eigenvalue weighted by Gasteiger charge is -2.02. The molecular weight excluding hydrogens is 191 g/mol. The number of rotatable bonds is 1. The van der Waals surface area contributed by atoms with Gasteiger partial charge in [0.25, 0.3) is 0 Å². The van der Waals surface area contributed by atoms with Crippen LogP contribution in [0, 0.1) is 5.82 Å². The van der Waals surface area contributed by atoms with Gasteiger partial charge < -0.3 is 9.84 Å². The highest BCUT2D eigenvalue weighted by molar-refractivity contribution is 7.17. The highest BCUT2D eigenvalue weighted by Gasteiger charge is 2.08. The zero-order valence-electron chi connectivity index (χ0n) is 6.87. The maximum Gasteiger partial charge on any atom is 0.161 e. The Labute approximate surface area is 78.2 Å². The fourth-order valence-electron chi connectivity index (χ4n) is 1.18. The third kappa shape index (κ3) is 1.23. The number of halogens is 1. The summed E-state index contributed by atoms with van der Waals surface area (Å²) >= 11 is 1.26. The van der Waals surface area contributed by atoms with Gasteiger partial charge >= 0.3 is 0 Å². The average molecular weight is 198 g/mol. The van der Waals surface area contributed by atoms with E-state index in [9.17, 15) is 9.50 Å². The van der Waals surface area contributed by atoms with Crippen molar-refractivity contribution in [1.82, 2.24) is 0 Å². The Morgan fingerprint density at radius 3 is 2.92 bits per heavy atom. The van der Waals surface area contributed by atoms with Gasteiger partial charge in [-0.3, -0.25) is 0 Å². The highest BCUT2D eigenvalue weighted by atomic mass is 32.1. The molecule has 1 aromatic heterocycles. The molecule has 2 aromatic rings. The van der Waals surface area contributed by atoms with Crippen molar-refractivity contribution >= 4 is 21.4 Å². The van der Waals surface area contributed by atoms with E-state index in [4.69, 9.17) is 4.74 Å². The molecule has 1 heterocycles. The number of benzene rings is 1. The zero-order chi connectivity index (χ0) is 9.42. The first-order valence-corrected chi connectivity index (χ1v) is 4.54. The molecule has 68 valence electrons. The van der Waals surface area contributed by atoms with E-state index in [1.165, 1.54) is 36.0 Å². The first-order chi connectivity index (χ1) is 6.22. The van der Waals surface area contributed by atoms with E-state index in [1.807, 2.05) is 0 Å². The summed E-state index contributed by atoms with van der Waals surface area (Å²) in [5.74, 6) is 0.0555. The van der Waals surface area contributed by atoms with Crippen molar-refractivity contribution in [3.05, 3.63) is 23.3 Å². The molecule has 0 aliphatic rings. The van der Waals surface area contributed by atoms with Crippen molar-refractivity contribution in [2.24, 2.45) is 0 Å². The number of ether oxygens (including phenoxy) is 1. The van der Waals surface area contributed by atoms with Crippen LogP contribution < -0.4 is 4.74 Å². The van der Waals surface area contributed by atoms with Crippen molar-refractivity contribution in [2.45, 2.75) is 0 Å². The molecule has 0 atom stereocenters. The molecule has 0 fully saturated rings. The van der Waals surface area contributed by atoms with Gasteiger partial charge in [0.15, 0.2) is 11.5 Å². The Kier molecular flexibility index (Phi) is 1.84. The molecule has 0 radical (unpaired) electrons. The monoisotopic (exact) mass is 198 g/mol. The summed E-state index contributed by atoms with van der Waals surface area (Å²) in [7, 11) is 1.44. The van der Waals surface area contributed by atoms with Crippen LogP contribution in [0.3, 0.4) is 0 Å². The quantitative estimate of drug-likeness (QED) is 0.763. The fourth-order valence-corrected chi connectivity index (χ4v) is 2.00. The summed E-state index contributed by atoms with van der Waals surface area (Å²) in [5.41, 5.74) is 0. The van der Waals surface area contributed by atoms with Crippen molar-refractivity contribution in [1.29, 1.82) is 0 Å².